The molecular formula is C19H17BrNOS+. The van der Waals surface area contributed by atoms with E-state index in [-0.39, 0.29) is 5.78 Å². The monoisotopic (exact) mass is 386 g/mol. The molecule has 0 bridgehead atoms. The number of hydrogen-bond acceptors (Lipinski definition) is 2. The molecule has 2 nitrogen and oxygen atoms in total. The van der Waals surface area contributed by atoms with Crippen molar-refractivity contribution in [1.82, 2.24) is 0 Å². The van der Waals surface area contributed by atoms with Gasteiger partial charge in [0.1, 0.15) is 0 Å². The lowest BCUT2D eigenvalue weighted by atomic mass is 10.0. The Morgan fingerprint density at radius 2 is 1.57 bits per heavy atom. The summed E-state index contributed by atoms with van der Waals surface area (Å²) in [5.74, 6) is 0.137. The van der Waals surface area contributed by atoms with Crippen molar-refractivity contribution in [2.75, 3.05) is 0 Å². The van der Waals surface area contributed by atoms with Crippen LogP contribution in [0.25, 0.3) is 11.1 Å². The largest absolute Gasteiger partial charge is 0.287 e. The molecule has 116 valence electrons. The second-order valence-corrected chi connectivity index (χ2v) is 7.47. The van der Waals surface area contributed by atoms with E-state index in [1.165, 1.54) is 4.88 Å². The van der Waals surface area contributed by atoms with Gasteiger partial charge < -0.3 is 0 Å². The van der Waals surface area contributed by atoms with E-state index in [1.54, 1.807) is 11.3 Å². The van der Waals surface area contributed by atoms with Crippen LogP contribution in [0.5, 0.6) is 0 Å². The summed E-state index contributed by atoms with van der Waals surface area (Å²) in [6.07, 6.45) is 0. The zero-order valence-electron chi connectivity index (χ0n) is 13.0. The SMILES string of the molecule is Cc1sc[n+](CC(=O)c2ccc(-c3ccc(Br)cc3)cc2)c1C. The van der Waals surface area contributed by atoms with Crippen LogP contribution in [-0.4, -0.2) is 5.78 Å². The van der Waals surface area contributed by atoms with Gasteiger partial charge in [-0.2, -0.15) is 4.57 Å². The molecule has 0 fully saturated rings. The van der Waals surface area contributed by atoms with E-state index in [0.29, 0.717) is 6.54 Å². The van der Waals surface area contributed by atoms with Crippen molar-refractivity contribution in [1.29, 1.82) is 0 Å². The maximum absolute atomic E-state index is 12.4. The normalized spacial score (nSPS) is 10.7. The summed E-state index contributed by atoms with van der Waals surface area (Å²) in [6, 6.07) is 16.0. The molecule has 0 N–H and O–H groups in total. The molecule has 23 heavy (non-hydrogen) atoms. The average molecular weight is 387 g/mol. The van der Waals surface area contributed by atoms with Gasteiger partial charge in [0.15, 0.2) is 5.69 Å². The summed E-state index contributed by atoms with van der Waals surface area (Å²) in [4.78, 5) is 13.7. The standard InChI is InChI=1S/C19H17BrNOS/c1-13-14(2)23-12-21(13)11-19(22)17-5-3-15(4-6-17)16-7-9-18(20)10-8-16/h3-10,12H,11H2,1-2H3/q+1. The number of nitrogens with zero attached hydrogens (tertiary/aromatic N) is 1. The van der Waals surface area contributed by atoms with Crippen LogP contribution < -0.4 is 4.57 Å². The van der Waals surface area contributed by atoms with E-state index in [0.717, 1.165) is 26.9 Å². The maximum Gasteiger partial charge on any atom is 0.227 e. The molecule has 0 spiro atoms. The summed E-state index contributed by atoms with van der Waals surface area (Å²) in [7, 11) is 0. The fraction of sp³-hybridized carbons (Fsp3) is 0.158. The van der Waals surface area contributed by atoms with Crippen LogP contribution >= 0.6 is 27.3 Å². The van der Waals surface area contributed by atoms with Gasteiger partial charge in [0.05, 0.1) is 4.88 Å². The van der Waals surface area contributed by atoms with Crippen molar-refractivity contribution in [2.24, 2.45) is 0 Å². The zero-order chi connectivity index (χ0) is 16.4. The second kappa shape index (κ2) is 6.77. The molecule has 4 heteroatoms. The fourth-order valence-electron chi connectivity index (χ4n) is 2.40. The molecule has 2 aromatic carbocycles. The highest BCUT2D eigenvalue weighted by atomic mass is 79.9. The van der Waals surface area contributed by atoms with Crippen LogP contribution in [0.1, 0.15) is 20.9 Å². The van der Waals surface area contributed by atoms with Gasteiger partial charge in [-0.1, -0.05) is 63.7 Å². The van der Waals surface area contributed by atoms with E-state index >= 15 is 0 Å². The van der Waals surface area contributed by atoms with Crippen LogP contribution in [0, 0.1) is 13.8 Å². The molecule has 3 rings (SSSR count). The number of aromatic nitrogens is 1. The first-order valence-corrected chi connectivity index (χ1v) is 9.05. The molecular weight excluding hydrogens is 370 g/mol. The summed E-state index contributed by atoms with van der Waals surface area (Å²) < 4.78 is 3.08. The molecule has 0 atom stereocenters. The number of halogens is 1. The van der Waals surface area contributed by atoms with Gasteiger partial charge in [-0.05, 0) is 30.2 Å². The first-order valence-electron chi connectivity index (χ1n) is 7.38. The average Bonchev–Trinajstić information content (AvgIpc) is 2.88. The summed E-state index contributed by atoms with van der Waals surface area (Å²) in [5.41, 5.74) is 6.19. The van der Waals surface area contributed by atoms with Crippen LogP contribution in [0.4, 0.5) is 0 Å². The number of rotatable bonds is 4. The van der Waals surface area contributed by atoms with E-state index in [9.17, 15) is 4.79 Å². The van der Waals surface area contributed by atoms with Crippen LogP contribution in [0.3, 0.4) is 0 Å². The molecule has 3 aromatic rings. The minimum Gasteiger partial charge on any atom is -0.287 e. The first-order chi connectivity index (χ1) is 11.0. The second-order valence-electron chi connectivity index (χ2n) is 5.50. The lowest BCUT2D eigenvalue weighted by molar-refractivity contribution is -0.684. The Morgan fingerprint density at radius 3 is 2.09 bits per heavy atom. The van der Waals surface area contributed by atoms with Crippen molar-refractivity contribution in [3.05, 3.63) is 74.6 Å². The summed E-state index contributed by atoms with van der Waals surface area (Å²) >= 11 is 5.12. The zero-order valence-corrected chi connectivity index (χ0v) is 15.4. The van der Waals surface area contributed by atoms with Crippen molar-refractivity contribution in [3.8, 4) is 11.1 Å². The molecule has 0 aliphatic heterocycles. The number of carbonyl (C=O) groups is 1. The predicted molar refractivity (Wildman–Crippen MR) is 97.9 cm³/mol. The molecule has 0 saturated heterocycles. The lowest BCUT2D eigenvalue weighted by Crippen LogP contribution is -2.38. The van der Waals surface area contributed by atoms with Gasteiger partial charge in [-0.3, -0.25) is 4.79 Å². The molecule has 1 heterocycles. The topological polar surface area (TPSA) is 20.9 Å². The minimum atomic E-state index is 0.137. The Morgan fingerprint density at radius 1 is 1.00 bits per heavy atom. The van der Waals surface area contributed by atoms with E-state index < -0.39 is 0 Å². The van der Waals surface area contributed by atoms with Crippen LogP contribution in [0.15, 0.2) is 58.5 Å². The lowest BCUT2D eigenvalue weighted by Gasteiger charge is -2.03. The quantitative estimate of drug-likeness (QED) is 0.458. The van der Waals surface area contributed by atoms with Gasteiger partial charge in [-0.15, -0.1) is 0 Å². The summed E-state index contributed by atoms with van der Waals surface area (Å²) in [6.45, 7) is 4.53. The van der Waals surface area contributed by atoms with Crippen molar-refractivity contribution in [3.63, 3.8) is 0 Å². The number of Topliss-reactive ketones (excluding diaryl/α,β-unsaturated/α-hetero) is 1. The van der Waals surface area contributed by atoms with Gasteiger partial charge in [-0.25, -0.2) is 0 Å². The molecule has 0 saturated carbocycles. The highest BCUT2D eigenvalue weighted by Gasteiger charge is 2.17. The number of thiazole rings is 1. The van der Waals surface area contributed by atoms with E-state index in [4.69, 9.17) is 0 Å². The van der Waals surface area contributed by atoms with Crippen LogP contribution in [0.2, 0.25) is 0 Å². The first kappa shape index (κ1) is 16.1. The number of carbonyl (C=O) groups excluding carboxylic acids is 1. The molecule has 0 amide bonds. The third-order valence-corrected chi connectivity index (χ3v) is 5.53. The third kappa shape index (κ3) is 3.59. The van der Waals surface area contributed by atoms with Crippen molar-refractivity contribution in [2.45, 2.75) is 20.4 Å². The molecule has 0 radical (unpaired) electrons. The Labute approximate surface area is 148 Å². The van der Waals surface area contributed by atoms with Gasteiger partial charge >= 0.3 is 0 Å². The highest BCUT2D eigenvalue weighted by Crippen LogP contribution is 2.22. The smallest absolute Gasteiger partial charge is 0.227 e. The summed E-state index contributed by atoms with van der Waals surface area (Å²) in [5, 5.41) is 0. The molecule has 0 aliphatic carbocycles. The van der Waals surface area contributed by atoms with Crippen LogP contribution in [-0.2, 0) is 6.54 Å². The Kier molecular flexibility index (Phi) is 4.74. The predicted octanol–water partition coefficient (Wildman–Crippen LogP) is 4.96. The Hall–Kier alpha value is -1.78. The maximum atomic E-state index is 12.4. The number of hydrogen-bond donors (Lipinski definition) is 0. The Balaban J connectivity index is 1.77. The van der Waals surface area contributed by atoms with E-state index in [2.05, 4.69) is 41.9 Å². The number of aryl methyl sites for hydroxylation is 1. The van der Waals surface area contributed by atoms with Gasteiger partial charge in [0, 0.05) is 17.0 Å². The van der Waals surface area contributed by atoms with Crippen molar-refractivity contribution >= 4 is 33.0 Å². The molecule has 1 aromatic heterocycles. The number of benzene rings is 2. The minimum absolute atomic E-state index is 0.137. The highest BCUT2D eigenvalue weighted by molar-refractivity contribution is 9.10. The Bertz CT molecular complexity index is 835. The number of ketones is 1. The molecule has 0 unspecified atom stereocenters. The van der Waals surface area contributed by atoms with E-state index in [1.807, 2.05) is 46.5 Å². The van der Waals surface area contributed by atoms with Crippen molar-refractivity contribution < 1.29 is 9.36 Å². The third-order valence-electron chi connectivity index (χ3n) is 4.00. The molecule has 0 aliphatic rings. The van der Waals surface area contributed by atoms with Gasteiger partial charge in [0.2, 0.25) is 17.8 Å². The fourth-order valence-corrected chi connectivity index (χ4v) is 3.47. The van der Waals surface area contributed by atoms with Gasteiger partial charge in [0.25, 0.3) is 0 Å².